The van der Waals surface area contributed by atoms with Crippen molar-refractivity contribution in [3.8, 4) is 0 Å². The van der Waals surface area contributed by atoms with Crippen LogP contribution in [-0.4, -0.2) is 48.6 Å². The Morgan fingerprint density at radius 1 is 1.32 bits per heavy atom. The van der Waals surface area contributed by atoms with Crippen LogP contribution in [0.4, 0.5) is 0 Å². The van der Waals surface area contributed by atoms with Crippen LogP contribution in [0, 0.1) is 13.8 Å². The zero-order valence-corrected chi connectivity index (χ0v) is 15.7. The smallest absolute Gasteiger partial charge is 0.191 e. The van der Waals surface area contributed by atoms with E-state index in [1.165, 1.54) is 11.3 Å². The molecule has 0 aliphatic carbocycles. The summed E-state index contributed by atoms with van der Waals surface area (Å²) in [6.45, 7) is 14.1. The van der Waals surface area contributed by atoms with Gasteiger partial charge >= 0.3 is 0 Å². The molecule has 0 aliphatic rings. The van der Waals surface area contributed by atoms with Gasteiger partial charge in [-0.1, -0.05) is 6.92 Å². The molecule has 22 heavy (non-hydrogen) atoms. The molecule has 0 spiro atoms. The highest BCUT2D eigenvalue weighted by Crippen LogP contribution is 2.16. The molecule has 126 valence electrons. The van der Waals surface area contributed by atoms with Crippen LogP contribution in [0.15, 0.2) is 4.99 Å². The topological polar surface area (TPSA) is 52.6 Å². The molecule has 1 rings (SSSR count). The lowest BCUT2D eigenvalue weighted by Gasteiger charge is -2.23. The zero-order chi connectivity index (χ0) is 16.5. The largest absolute Gasteiger partial charge is 0.357 e. The second kappa shape index (κ2) is 9.79. The third-order valence-electron chi connectivity index (χ3n) is 3.89. The van der Waals surface area contributed by atoms with Crippen LogP contribution in [-0.2, 0) is 6.54 Å². The Labute approximate surface area is 139 Å². The van der Waals surface area contributed by atoms with E-state index < -0.39 is 0 Å². The predicted octanol–water partition coefficient (Wildman–Crippen LogP) is 2.55. The number of aromatic nitrogens is 1. The van der Waals surface area contributed by atoms with E-state index in [9.17, 15) is 0 Å². The van der Waals surface area contributed by atoms with E-state index >= 15 is 0 Å². The van der Waals surface area contributed by atoms with Crippen molar-refractivity contribution in [3.05, 3.63) is 15.6 Å². The second-order valence-corrected chi connectivity index (χ2v) is 6.90. The van der Waals surface area contributed by atoms with Crippen molar-refractivity contribution in [2.45, 2.75) is 53.6 Å². The predicted molar refractivity (Wildman–Crippen MR) is 96.8 cm³/mol. The van der Waals surface area contributed by atoms with Crippen LogP contribution in [0.1, 0.15) is 42.8 Å². The molecule has 0 saturated carbocycles. The first-order valence-electron chi connectivity index (χ1n) is 8.13. The molecule has 1 heterocycles. The third-order valence-corrected chi connectivity index (χ3v) is 4.95. The fourth-order valence-corrected chi connectivity index (χ4v) is 2.84. The number of hydrogen-bond acceptors (Lipinski definition) is 4. The zero-order valence-electron chi connectivity index (χ0n) is 14.9. The van der Waals surface area contributed by atoms with Crippen molar-refractivity contribution < 1.29 is 0 Å². The first-order valence-corrected chi connectivity index (χ1v) is 8.94. The van der Waals surface area contributed by atoms with Crippen molar-refractivity contribution >= 4 is 17.3 Å². The van der Waals surface area contributed by atoms with Crippen LogP contribution >= 0.6 is 11.3 Å². The number of aliphatic imine (C=N–C) groups is 1. The summed E-state index contributed by atoms with van der Waals surface area (Å²) in [5.41, 5.74) is 1.11. The fourth-order valence-electron chi connectivity index (χ4n) is 1.98. The molecule has 2 N–H and O–H groups in total. The summed E-state index contributed by atoms with van der Waals surface area (Å²) >= 11 is 1.73. The lowest BCUT2D eigenvalue weighted by Crippen LogP contribution is -2.42. The SMILES string of the molecule is CCNC(=NCc1nc(C)c(C)s1)NCCN(C)C(C)CC. The van der Waals surface area contributed by atoms with Gasteiger partial charge in [0.1, 0.15) is 5.01 Å². The Morgan fingerprint density at radius 2 is 2.05 bits per heavy atom. The number of thiazole rings is 1. The van der Waals surface area contributed by atoms with E-state index in [1.54, 1.807) is 11.3 Å². The average molecular weight is 326 g/mol. The fraction of sp³-hybridized carbons (Fsp3) is 0.750. The number of rotatable bonds is 8. The summed E-state index contributed by atoms with van der Waals surface area (Å²) in [5.74, 6) is 0.866. The van der Waals surface area contributed by atoms with Crippen LogP contribution in [0.25, 0.3) is 0 Å². The monoisotopic (exact) mass is 325 g/mol. The molecule has 1 atom stereocenters. The highest BCUT2D eigenvalue weighted by molar-refractivity contribution is 7.11. The molecule has 6 heteroatoms. The minimum absolute atomic E-state index is 0.614. The van der Waals surface area contributed by atoms with Gasteiger partial charge < -0.3 is 15.5 Å². The quantitative estimate of drug-likeness (QED) is 0.570. The number of nitrogens with one attached hydrogen (secondary N) is 2. The summed E-state index contributed by atoms with van der Waals surface area (Å²) in [6.07, 6.45) is 1.17. The van der Waals surface area contributed by atoms with Gasteiger partial charge in [0.25, 0.3) is 0 Å². The standard InChI is InChI=1S/C16H31N5S/c1-7-12(3)21(6)10-9-18-16(17-8-2)19-11-15-20-13(4)14(5)22-15/h12H,7-11H2,1-6H3,(H2,17,18,19). The molecule has 5 nitrogen and oxygen atoms in total. The Hall–Kier alpha value is -1.14. The van der Waals surface area contributed by atoms with Gasteiger partial charge in [0, 0.05) is 30.6 Å². The molecule has 0 aliphatic heterocycles. The lowest BCUT2D eigenvalue weighted by molar-refractivity contribution is 0.255. The lowest BCUT2D eigenvalue weighted by atomic mass is 10.2. The maximum Gasteiger partial charge on any atom is 0.191 e. The minimum atomic E-state index is 0.614. The molecule has 0 aromatic carbocycles. The van der Waals surface area contributed by atoms with Crippen molar-refractivity contribution in [3.63, 3.8) is 0 Å². The van der Waals surface area contributed by atoms with Gasteiger partial charge in [-0.2, -0.15) is 0 Å². The number of nitrogens with zero attached hydrogens (tertiary/aromatic N) is 3. The van der Waals surface area contributed by atoms with Gasteiger partial charge in [0.2, 0.25) is 0 Å². The molecule has 0 radical (unpaired) electrons. The summed E-state index contributed by atoms with van der Waals surface area (Å²) in [7, 11) is 2.17. The first kappa shape index (κ1) is 18.9. The maximum absolute atomic E-state index is 4.62. The molecular formula is C16H31N5S. The summed E-state index contributed by atoms with van der Waals surface area (Å²) in [6, 6.07) is 0.614. The van der Waals surface area contributed by atoms with Gasteiger partial charge in [-0.05, 0) is 41.2 Å². The van der Waals surface area contributed by atoms with E-state index in [2.05, 4.69) is 60.3 Å². The maximum atomic E-state index is 4.62. The van der Waals surface area contributed by atoms with Crippen LogP contribution in [0.5, 0.6) is 0 Å². The van der Waals surface area contributed by atoms with Gasteiger partial charge in [-0.15, -0.1) is 11.3 Å². The highest BCUT2D eigenvalue weighted by Gasteiger charge is 2.07. The van der Waals surface area contributed by atoms with E-state index in [1.807, 2.05) is 6.92 Å². The molecule has 0 fully saturated rings. The Bertz CT molecular complexity index is 450. The minimum Gasteiger partial charge on any atom is -0.357 e. The Kier molecular flexibility index (Phi) is 8.42. The number of aryl methyl sites for hydroxylation is 2. The van der Waals surface area contributed by atoms with Crippen molar-refractivity contribution in [2.75, 3.05) is 26.7 Å². The summed E-state index contributed by atoms with van der Waals surface area (Å²) < 4.78 is 0. The van der Waals surface area contributed by atoms with E-state index in [-0.39, 0.29) is 0 Å². The molecule has 0 bridgehead atoms. The molecule has 1 aromatic heterocycles. The molecule has 0 amide bonds. The highest BCUT2D eigenvalue weighted by atomic mass is 32.1. The van der Waals surface area contributed by atoms with Crippen LogP contribution in [0.3, 0.4) is 0 Å². The second-order valence-electron chi connectivity index (χ2n) is 5.61. The normalized spacial score (nSPS) is 13.5. The van der Waals surface area contributed by atoms with E-state index in [0.29, 0.717) is 12.6 Å². The van der Waals surface area contributed by atoms with E-state index in [0.717, 1.165) is 36.3 Å². The third kappa shape index (κ3) is 6.32. The Balaban J connectivity index is 2.48. The Morgan fingerprint density at radius 3 is 2.59 bits per heavy atom. The molecular weight excluding hydrogens is 294 g/mol. The first-order chi connectivity index (χ1) is 10.5. The van der Waals surface area contributed by atoms with Gasteiger partial charge in [0.15, 0.2) is 5.96 Å². The van der Waals surface area contributed by atoms with Crippen LogP contribution in [0.2, 0.25) is 0 Å². The average Bonchev–Trinajstić information content (AvgIpc) is 2.82. The summed E-state index contributed by atoms with van der Waals surface area (Å²) in [5, 5.41) is 7.76. The molecule has 1 aromatic rings. The van der Waals surface area contributed by atoms with Crippen molar-refractivity contribution in [2.24, 2.45) is 4.99 Å². The van der Waals surface area contributed by atoms with E-state index in [4.69, 9.17) is 0 Å². The number of guanidine groups is 1. The number of likely N-dealkylation sites (N-methyl/N-ethyl adjacent to an activating group) is 1. The van der Waals surface area contributed by atoms with Gasteiger partial charge in [0.05, 0.1) is 12.2 Å². The van der Waals surface area contributed by atoms with Crippen molar-refractivity contribution in [1.82, 2.24) is 20.5 Å². The molecule has 0 saturated heterocycles. The van der Waals surface area contributed by atoms with Gasteiger partial charge in [-0.25, -0.2) is 9.98 Å². The van der Waals surface area contributed by atoms with Crippen molar-refractivity contribution in [1.29, 1.82) is 0 Å². The summed E-state index contributed by atoms with van der Waals surface area (Å²) in [4.78, 5) is 12.8. The van der Waals surface area contributed by atoms with Crippen LogP contribution < -0.4 is 10.6 Å². The van der Waals surface area contributed by atoms with Gasteiger partial charge in [-0.3, -0.25) is 0 Å². The number of hydrogen-bond donors (Lipinski definition) is 2. The molecule has 1 unspecified atom stereocenters.